The van der Waals surface area contributed by atoms with E-state index in [1.54, 1.807) is 18.6 Å². The van der Waals surface area contributed by atoms with E-state index in [9.17, 15) is 0 Å². The Hall–Kier alpha value is -2.00. The van der Waals surface area contributed by atoms with E-state index in [4.69, 9.17) is 11.0 Å². The van der Waals surface area contributed by atoms with Crippen molar-refractivity contribution >= 4 is 17.2 Å². The second-order valence-corrected chi connectivity index (χ2v) is 3.76. The van der Waals surface area contributed by atoms with E-state index in [0.717, 1.165) is 4.88 Å². The molecule has 0 aliphatic rings. The number of anilines is 1. The number of nitrogens with zero attached hydrogens (tertiary/aromatic N) is 4. The minimum Gasteiger partial charge on any atom is -0.382 e. The second-order valence-electron chi connectivity index (χ2n) is 2.87. The van der Waals surface area contributed by atoms with Crippen molar-refractivity contribution in [2.45, 2.75) is 6.92 Å². The maximum Gasteiger partial charge on any atom is 0.173 e. The number of thiazole rings is 1. The Kier molecular flexibility index (Phi) is 2.31. The maximum absolute atomic E-state index is 8.80. The van der Waals surface area contributed by atoms with Crippen LogP contribution in [0.15, 0.2) is 11.7 Å². The van der Waals surface area contributed by atoms with Gasteiger partial charge in [-0.1, -0.05) is 0 Å². The van der Waals surface area contributed by atoms with Gasteiger partial charge < -0.3 is 5.73 Å². The summed E-state index contributed by atoms with van der Waals surface area (Å²) in [6.07, 6.45) is 1.67. The van der Waals surface area contributed by atoms with Gasteiger partial charge in [-0.15, -0.1) is 11.3 Å². The van der Waals surface area contributed by atoms with Gasteiger partial charge >= 0.3 is 0 Å². The monoisotopic (exact) mass is 217 g/mol. The van der Waals surface area contributed by atoms with Gasteiger partial charge in [-0.25, -0.2) is 9.97 Å². The average molecular weight is 217 g/mol. The van der Waals surface area contributed by atoms with Gasteiger partial charge in [-0.2, -0.15) is 5.26 Å². The summed E-state index contributed by atoms with van der Waals surface area (Å²) >= 11 is 1.43. The molecule has 2 heterocycles. The van der Waals surface area contributed by atoms with Gasteiger partial charge in [-0.05, 0) is 6.92 Å². The van der Waals surface area contributed by atoms with Crippen LogP contribution in [0.4, 0.5) is 5.82 Å². The molecule has 0 amide bonds. The Labute approximate surface area is 90.3 Å². The third kappa shape index (κ3) is 1.65. The molecule has 2 N–H and O–H groups in total. The van der Waals surface area contributed by atoms with Crippen LogP contribution in [0.5, 0.6) is 0 Å². The zero-order valence-corrected chi connectivity index (χ0v) is 8.75. The first kappa shape index (κ1) is 9.55. The van der Waals surface area contributed by atoms with E-state index >= 15 is 0 Å². The minimum atomic E-state index is 0.216. The first-order valence-electron chi connectivity index (χ1n) is 4.15. The van der Waals surface area contributed by atoms with E-state index < -0.39 is 0 Å². The van der Waals surface area contributed by atoms with Crippen LogP contribution in [-0.4, -0.2) is 15.0 Å². The van der Waals surface area contributed by atoms with Crippen LogP contribution in [0.25, 0.3) is 10.7 Å². The number of nitrogens with two attached hydrogens (primary N) is 1. The number of aromatic nitrogens is 3. The third-order valence-electron chi connectivity index (χ3n) is 1.88. The van der Waals surface area contributed by atoms with E-state index in [-0.39, 0.29) is 5.82 Å². The highest BCUT2D eigenvalue weighted by molar-refractivity contribution is 7.13. The molecule has 0 spiro atoms. The normalized spacial score (nSPS) is 9.87. The average Bonchev–Trinajstić information content (AvgIpc) is 2.69. The van der Waals surface area contributed by atoms with Gasteiger partial charge in [0.25, 0.3) is 0 Å². The van der Waals surface area contributed by atoms with Crippen LogP contribution >= 0.6 is 11.3 Å². The summed E-state index contributed by atoms with van der Waals surface area (Å²) in [6.45, 7) is 1.74. The zero-order chi connectivity index (χ0) is 10.8. The summed E-state index contributed by atoms with van der Waals surface area (Å²) in [6, 6.07) is 1.97. The molecule has 0 atom stereocenters. The minimum absolute atomic E-state index is 0.216. The largest absolute Gasteiger partial charge is 0.382 e. The quantitative estimate of drug-likeness (QED) is 0.779. The first-order valence-corrected chi connectivity index (χ1v) is 5.03. The lowest BCUT2D eigenvalue weighted by Crippen LogP contribution is -2.02. The van der Waals surface area contributed by atoms with Gasteiger partial charge in [0.05, 0.1) is 16.1 Å². The van der Waals surface area contributed by atoms with Crippen LogP contribution in [0.3, 0.4) is 0 Å². The van der Waals surface area contributed by atoms with Gasteiger partial charge in [0.2, 0.25) is 0 Å². The van der Waals surface area contributed by atoms with E-state index in [1.165, 1.54) is 11.3 Å². The molecule has 0 saturated heterocycles. The summed E-state index contributed by atoms with van der Waals surface area (Å²) < 4.78 is 0. The molecule has 0 radical (unpaired) electrons. The highest BCUT2D eigenvalue weighted by Gasteiger charge is 2.10. The molecular formula is C9H7N5S. The number of hydrogen-bond donors (Lipinski definition) is 1. The van der Waals surface area contributed by atoms with Crippen LogP contribution in [0.2, 0.25) is 0 Å². The molecule has 0 aliphatic heterocycles. The predicted molar refractivity (Wildman–Crippen MR) is 57.0 cm³/mol. The predicted octanol–water partition coefficient (Wildman–Crippen LogP) is 1.36. The second kappa shape index (κ2) is 3.63. The third-order valence-corrected chi connectivity index (χ3v) is 2.65. The fraction of sp³-hybridized carbons (Fsp3) is 0.111. The molecule has 0 saturated carbocycles. The number of aryl methyl sites for hydroxylation is 1. The molecule has 0 unspecified atom stereocenters. The number of nitriles is 1. The zero-order valence-electron chi connectivity index (χ0n) is 7.93. The SMILES string of the molecule is Cc1nc(-c2cncs2)nc(N)c1C#N. The topological polar surface area (TPSA) is 88.5 Å². The number of rotatable bonds is 1. The summed E-state index contributed by atoms with van der Waals surface area (Å²) in [5.74, 6) is 0.736. The molecule has 74 valence electrons. The Morgan fingerprint density at radius 1 is 1.47 bits per heavy atom. The molecule has 6 heteroatoms. The van der Waals surface area contributed by atoms with Gasteiger partial charge in [-0.3, -0.25) is 4.98 Å². The standard InChI is InChI=1S/C9H7N5S/c1-5-6(2-10)8(11)14-9(13-5)7-3-12-4-15-7/h3-4H,1H3,(H2,11,13,14). The molecular weight excluding hydrogens is 210 g/mol. The van der Waals surface area contributed by atoms with Crippen molar-refractivity contribution in [1.82, 2.24) is 15.0 Å². The van der Waals surface area contributed by atoms with Crippen molar-refractivity contribution in [3.05, 3.63) is 23.0 Å². The van der Waals surface area contributed by atoms with Crippen molar-refractivity contribution < 1.29 is 0 Å². The number of nitrogen functional groups attached to an aromatic ring is 1. The van der Waals surface area contributed by atoms with Crippen molar-refractivity contribution in [3.8, 4) is 16.8 Å². The fourth-order valence-corrected chi connectivity index (χ4v) is 1.72. The van der Waals surface area contributed by atoms with Crippen LogP contribution in [0, 0.1) is 18.3 Å². The van der Waals surface area contributed by atoms with Crippen molar-refractivity contribution in [3.63, 3.8) is 0 Å². The lowest BCUT2D eigenvalue weighted by Gasteiger charge is -2.02. The Morgan fingerprint density at radius 2 is 2.27 bits per heavy atom. The highest BCUT2D eigenvalue weighted by atomic mass is 32.1. The Balaban J connectivity index is 2.59. The Morgan fingerprint density at radius 3 is 2.80 bits per heavy atom. The van der Waals surface area contributed by atoms with E-state index in [1.807, 2.05) is 6.07 Å². The van der Waals surface area contributed by atoms with Crippen LogP contribution in [0.1, 0.15) is 11.3 Å². The fourth-order valence-electron chi connectivity index (χ4n) is 1.17. The smallest absolute Gasteiger partial charge is 0.173 e. The van der Waals surface area contributed by atoms with E-state index in [0.29, 0.717) is 17.1 Å². The lowest BCUT2D eigenvalue weighted by molar-refractivity contribution is 1.11. The summed E-state index contributed by atoms with van der Waals surface area (Å²) in [4.78, 5) is 13.0. The number of hydrogen-bond acceptors (Lipinski definition) is 6. The molecule has 0 bridgehead atoms. The van der Waals surface area contributed by atoms with Crippen molar-refractivity contribution in [2.24, 2.45) is 0 Å². The molecule has 2 aromatic rings. The molecule has 15 heavy (non-hydrogen) atoms. The highest BCUT2D eigenvalue weighted by Crippen LogP contribution is 2.22. The lowest BCUT2D eigenvalue weighted by atomic mass is 10.2. The summed E-state index contributed by atoms with van der Waals surface area (Å²) in [7, 11) is 0. The van der Waals surface area contributed by atoms with Crippen molar-refractivity contribution in [2.75, 3.05) is 5.73 Å². The van der Waals surface area contributed by atoms with E-state index in [2.05, 4.69) is 15.0 Å². The summed E-state index contributed by atoms with van der Waals surface area (Å²) in [5, 5.41) is 8.80. The molecule has 0 aromatic carbocycles. The molecule has 5 nitrogen and oxygen atoms in total. The Bertz CT molecular complexity index is 503. The van der Waals surface area contributed by atoms with Crippen LogP contribution in [-0.2, 0) is 0 Å². The van der Waals surface area contributed by atoms with Crippen molar-refractivity contribution in [1.29, 1.82) is 5.26 Å². The van der Waals surface area contributed by atoms with Gasteiger partial charge in [0, 0.05) is 6.20 Å². The van der Waals surface area contributed by atoms with Gasteiger partial charge in [0.15, 0.2) is 5.82 Å². The maximum atomic E-state index is 8.80. The molecule has 2 rings (SSSR count). The molecule has 0 aliphatic carbocycles. The van der Waals surface area contributed by atoms with Crippen LogP contribution < -0.4 is 5.73 Å². The molecule has 2 aromatic heterocycles. The molecule has 0 fully saturated rings. The van der Waals surface area contributed by atoms with Gasteiger partial charge in [0.1, 0.15) is 17.5 Å². The summed E-state index contributed by atoms with van der Waals surface area (Å²) in [5.41, 5.74) is 8.27. The first-order chi connectivity index (χ1) is 7.22.